The topological polar surface area (TPSA) is 142 Å². The van der Waals surface area contributed by atoms with E-state index in [1.165, 1.54) is 27.7 Å². The number of carbonyl (C=O) groups is 1. The number of nitrogens with one attached hydrogen (secondary N) is 1. The summed E-state index contributed by atoms with van der Waals surface area (Å²) in [4.78, 5) is 47.8. The van der Waals surface area contributed by atoms with Gasteiger partial charge in [0.15, 0.2) is 11.4 Å². The number of fused-ring (bicyclic) bond motifs is 1. The number of nitrogens with zero attached hydrogens (tertiary/aromatic N) is 5. The molecule has 1 aliphatic rings. The Morgan fingerprint density at radius 1 is 1.22 bits per heavy atom. The number of anilines is 1. The van der Waals surface area contributed by atoms with Crippen LogP contribution in [0.4, 0.5) is 10.2 Å². The molecule has 1 aliphatic carbocycles. The van der Waals surface area contributed by atoms with Gasteiger partial charge in [0.2, 0.25) is 0 Å². The second kappa shape index (κ2) is 7.71. The van der Waals surface area contributed by atoms with Gasteiger partial charge in [-0.2, -0.15) is 5.10 Å². The van der Waals surface area contributed by atoms with E-state index in [0.29, 0.717) is 21.7 Å². The number of hydrogen-bond acceptors (Lipinski definition) is 8. The first-order valence-electron chi connectivity index (χ1n) is 9.69. The molecule has 0 bridgehead atoms. The molecule has 0 spiro atoms. The highest BCUT2D eigenvalue weighted by Gasteiger charge is 2.30. The zero-order chi connectivity index (χ0) is 22.4. The lowest BCUT2D eigenvalue weighted by Crippen LogP contribution is -2.36. The number of ketones is 1. The van der Waals surface area contributed by atoms with Crippen LogP contribution in [-0.4, -0.2) is 40.8 Å². The number of nitrogens with two attached hydrogens (primary N) is 1. The van der Waals surface area contributed by atoms with Gasteiger partial charge in [-0.3, -0.25) is 19.1 Å². The molecule has 0 aliphatic heterocycles. The lowest BCUT2D eigenvalue weighted by molar-refractivity contribution is 0.102. The van der Waals surface area contributed by atoms with Crippen LogP contribution in [0.5, 0.6) is 0 Å². The third-order valence-corrected chi connectivity index (χ3v) is 6.12. The molecule has 0 amide bonds. The number of Topliss-reactive ketones (excluding diaryl/α,β-unsaturated/α-hetero) is 1. The molecule has 3 heterocycles. The van der Waals surface area contributed by atoms with Crippen LogP contribution in [0.25, 0.3) is 16.7 Å². The normalized spacial score (nSPS) is 13.5. The minimum Gasteiger partial charge on any atom is -0.384 e. The molecule has 162 valence electrons. The summed E-state index contributed by atoms with van der Waals surface area (Å²) in [7, 11) is 0. The molecule has 0 unspecified atom stereocenters. The second-order valence-corrected chi connectivity index (χ2v) is 8.25. The monoisotopic (exact) mass is 453 g/mol. The van der Waals surface area contributed by atoms with E-state index in [4.69, 9.17) is 5.73 Å². The SMILES string of the molecule is Nc1c(C(=O)CSc2ncnc3c2cnn3-c2ccc(F)cc2)c(=O)[nH]c(=O)n1C1CC1. The second-order valence-electron chi connectivity index (χ2n) is 7.28. The Bertz CT molecular complexity index is 1470. The number of carbonyl (C=O) groups excluding carboxylic acids is 1. The summed E-state index contributed by atoms with van der Waals surface area (Å²) in [5.74, 6) is -1.11. The van der Waals surface area contributed by atoms with Gasteiger partial charge in [0.25, 0.3) is 5.56 Å². The fourth-order valence-electron chi connectivity index (χ4n) is 3.45. The van der Waals surface area contributed by atoms with Crippen LogP contribution < -0.4 is 17.0 Å². The quantitative estimate of drug-likeness (QED) is 0.255. The summed E-state index contributed by atoms with van der Waals surface area (Å²) in [6, 6.07) is 5.70. The lowest BCUT2D eigenvalue weighted by Gasteiger charge is -2.11. The zero-order valence-electron chi connectivity index (χ0n) is 16.5. The van der Waals surface area contributed by atoms with Gasteiger partial charge in [0.05, 0.1) is 23.0 Å². The predicted octanol–water partition coefficient (Wildman–Crippen LogP) is 1.70. The molecule has 0 radical (unpaired) electrons. The van der Waals surface area contributed by atoms with E-state index in [0.717, 1.165) is 24.6 Å². The fourth-order valence-corrected chi connectivity index (χ4v) is 4.28. The van der Waals surface area contributed by atoms with Crippen molar-refractivity contribution in [2.24, 2.45) is 0 Å². The summed E-state index contributed by atoms with van der Waals surface area (Å²) >= 11 is 1.11. The Balaban J connectivity index is 1.43. The Morgan fingerprint density at radius 2 is 1.97 bits per heavy atom. The van der Waals surface area contributed by atoms with Gasteiger partial charge in [0, 0.05) is 6.04 Å². The summed E-state index contributed by atoms with van der Waals surface area (Å²) in [6.45, 7) is 0. The molecule has 5 rings (SSSR count). The third-order valence-electron chi connectivity index (χ3n) is 5.11. The van der Waals surface area contributed by atoms with Gasteiger partial charge < -0.3 is 5.73 Å². The van der Waals surface area contributed by atoms with Crippen LogP contribution in [0.1, 0.15) is 29.2 Å². The van der Waals surface area contributed by atoms with Crippen molar-refractivity contribution in [1.29, 1.82) is 0 Å². The largest absolute Gasteiger partial charge is 0.384 e. The number of hydrogen-bond donors (Lipinski definition) is 2. The molecule has 1 fully saturated rings. The molecule has 0 atom stereocenters. The molecule has 3 N–H and O–H groups in total. The van der Waals surface area contributed by atoms with Crippen molar-refractivity contribution >= 4 is 34.4 Å². The first-order chi connectivity index (χ1) is 15.4. The lowest BCUT2D eigenvalue weighted by atomic mass is 10.2. The first-order valence-corrected chi connectivity index (χ1v) is 10.7. The van der Waals surface area contributed by atoms with E-state index in [9.17, 15) is 18.8 Å². The first kappa shape index (κ1) is 20.1. The molecule has 1 aromatic carbocycles. The van der Waals surface area contributed by atoms with Gasteiger partial charge in [0.1, 0.15) is 28.6 Å². The highest BCUT2D eigenvalue weighted by molar-refractivity contribution is 8.00. The van der Waals surface area contributed by atoms with Crippen LogP contribution >= 0.6 is 11.8 Å². The third kappa shape index (κ3) is 3.47. The van der Waals surface area contributed by atoms with Crippen molar-refractivity contribution in [2.45, 2.75) is 23.9 Å². The Kier molecular flexibility index (Phi) is 4.85. The van der Waals surface area contributed by atoms with Gasteiger partial charge in [-0.25, -0.2) is 23.8 Å². The summed E-state index contributed by atoms with van der Waals surface area (Å²) in [6.07, 6.45) is 4.44. The van der Waals surface area contributed by atoms with Gasteiger partial charge in [-0.15, -0.1) is 0 Å². The summed E-state index contributed by atoms with van der Waals surface area (Å²) < 4.78 is 16.0. The Hall–Kier alpha value is -3.80. The average Bonchev–Trinajstić information content (AvgIpc) is 3.49. The van der Waals surface area contributed by atoms with Crippen molar-refractivity contribution < 1.29 is 9.18 Å². The fraction of sp³-hybridized carbons (Fsp3) is 0.200. The molecular weight excluding hydrogens is 437 g/mol. The maximum Gasteiger partial charge on any atom is 0.330 e. The number of thioether (sulfide) groups is 1. The van der Waals surface area contributed by atoms with Crippen molar-refractivity contribution in [1.82, 2.24) is 29.3 Å². The van der Waals surface area contributed by atoms with E-state index in [1.54, 1.807) is 18.3 Å². The maximum atomic E-state index is 13.2. The van der Waals surface area contributed by atoms with Crippen molar-refractivity contribution in [2.75, 3.05) is 11.5 Å². The van der Waals surface area contributed by atoms with Crippen molar-refractivity contribution in [3.63, 3.8) is 0 Å². The van der Waals surface area contributed by atoms with E-state index in [-0.39, 0.29) is 29.0 Å². The minimum absolute atomic E-state index is 0.0858. The molecule has 10 nitrogen and oxygen atoms in total. The number of halogens is 1. The molecule has 0 saturated heterocycles. The number of rotatable bonds is 6. The standard InChI is InChI=1S/C20H16FN7O3S/c21-10-1-3-12(4-2-10)28-17-13(7-25-28)19(24-9-23-17)32-8-14(29)15-16(22)27(11-5-6-11)20(31)26-18(15)30/h1-4,7,9,11H,5-6,8,22H2,(H,26,30,31). The van der Waals surface area contributed by atoms with E-state index in [1.807, 2.05) is 0 Å². The number of benzene rings is 1. The van der Waals surface area contributed by atoms with Crippen molar-refractivity contribution in [3.8, 4) is 5.69 Å². The number of nitrogen functional groups attached to an aromatic ring is 1. The van der Waals surface area contributed by atoms with Crippen LogP contribution in [0.3, 0.4) is 0 Å². The molecule has 1 saturated carbocycles. The van der Waals surface area contributed by atoms with Crippen LogP contribution in [0.2, 0.25) is 0 Å². The summed E-state index contributed by atoms with van der Waals surface area (Å²) in [5.41, 5.74) is 5.49. The summed E-state index contributed by atoms with van der Waals surface area (Å²) in [5, 5.41) is 5.38. The van der Waals surface area contributed by atoms with Gasteiger partial charge >= 0.3 is 5.69 Å². The van der Waals surface area contributed by atoms with Gasteiger partial charge in [-0.05, 0) is 37.1 Å². The molecule has 3 aromatic heterocycles. The Labute approximate surface area is 183 Å². The average molecular weight is 453 g/mol. The minimum atomic E-state index is -0.799. The number of H-pyrrole nitrogens is 1. The van der Waals surface area contributed by atoms with Gasteiger partial charge in [-0.1, -0.05) is 11.8 Å². The highest BCUT2D eigenvalue weighted by Crippen LogP contribution is 2.35. The molecule has 32 heavy (non-hydrogen) atoms. The van der Waals surface area contributed by atoms with E-state index < -0.39 is 17.0 Å². The van der Waals surface area contributed by atoms with Crippen LogP contribution in [-0.2, 0) is 0 Å². The van der Waals surface area contributed by atoms with E-state index >= 15 is 0 Å². The Morgan fingerprint density at radius 3 is 2.69 bits per heavy atom. The smallest absolute Gasteiger partial charge is 0.330 e. The molecular formula is C20H16FN7O3S. The van der Waals surface area contributed by atoms with Crippen molar-refractivity contribution in [3.05, 3.63) is 69.0 Å². The van der Waals surface area contributed by atoms with Crippen LogP contribution in [0, 0.1) is 5.82 Å². The molecule has 12 heteroatoms. The maximum absolute atomic E-state index is 13.2. The number of aromatic amines is 1. The zero-order valence-corrected chi connectivity index (χ0v) is 17.3. The van der Waals surface area contributed by atoms with Crippen LogP contribution in [0.15, 0.2) is 51.4 Å². The molecule has 4 aromatic rings. The highest BCUT2D eigenvalue weighted by atomic mass is 32.2. The van der Waals surface area contributed by atoms with E-state index in [2.05, 4.69) is 20.1 Å². The predicted molar refractivity (Wildman–Crippen MR) is 116 cm³/mol. The number of aromatic nitrogens is 6.